The summed E-state index contributed by atoms with van der Waals surface area (Å²) >= 11 is 11.9. The summed E-state index contributed by atoms with van der Waals surface area (Å²) in [7, 11) is 0. The number of anilines is 1. The van der Waals surface area contributed by atoms with Gasteiger partial charge in [0.15, 0.2) is 0 Å². The Balaban J connectivity index is 1.98. The van der Waals surface area contributed by atoms with Crippen molar-refractivity contribution in [2.45, 2.75) is 32.7 Å². The number of hydrogen-bond donors (Lipinski definition) is 1. The van der Waals surface area contributed by atoms with Gasteiger partial charge in [-0.3, -0.25) is 14.5 Å². The van der Waals surface area contributed by atoms with Crippen molar-refractivity contribution in [2.24, 2.45) is 5.92 Å². The molecule has 132 valence electrons. The minimum atomic E-state index is -0.367. The van der Waals surface area contributed by atoms with Gasteiger partial charge in [0.25, 0.3) is 0 Å². The molecule has 2 unspecified atom stereocenters. The largest absolute Gasteiger partial charge is 0.466 e. The molecule has 1 amide bonds. The van der Waals surface area contributed by atoms with E-state index in [0.29, 0.717) is 28.9 Å². The maximum atomic E-state index is 12.5. The van der Waals surface area contributed by atoms with Gasteiger partial charge in [-0.25, -0.2) is 0 Å². The SMILES string of the molecule is CCOC(=O)C1CCCN(C(C)C(=O)Nc2ccc(Cl)cc2Cl)C1. The summed E-state index contributed by atoms with van der Waals surface area (Å²) in [6.45, 7) is 5.30. The van der Waals surface area contributed by atoms with Crippen molar-refractivity contribution in [1.29, 1.82) is 0 Å². The topological polar surface area (TPSA) is 58.6 Å². The lowest BCUT2D eigenvalue weighted by Gasteiger charge is -2.35. The van der Waals surface area contributed by atoms with E-state index in [-0.39, 0.29) is 23.8 Å². The molecule has 0 aliphatic carbocycles. The number of likely N-dealkylation sites (tertiary alicyclic amines) is 1. The molecule has 1 aromatic rings. The van der Waals surface area contributed by atoms with Crippen LogP contribution in [0.2, 0.25) is 10.0 Å². The molecule has 24 heavy (non-hydrogen) atoms. The highest BCUT2D eigenvalue weighted by atomic mass is 35.5. The van der Waals surface area contributed by atoms with Crippen LogP contribution < -0.4 is 5.32 Å². The molecule has 2 atom stereocenters. The van der Waals surface area contributed by atoms with Crippen LogP contribution in [0, 0.1) is 5.92 Å². The van der Waals surface area contributed by atoms with E-state index in [1.165, 1.54) is 0 Å². The van der Waals surface area contributed by atoms with Gasteiger partial charge in [0.05, 0.1) is 29.3 Å². The van der Waals surface area contributed by atoms with E-state index >= 15 is 0 Å². The monoisotopic (exact) mass is 372 g/mol. The molecule has 0 bridgehead atoms. The Morgan fingerprint density at radius 3 is 2.83 bits per heavy atom. The summed E-state index contributed by atoms with van der Waals surface area (Å²) in [6, 6.07) is 4.56. The van der Waals surface area contributed by atoms with Gasteiger partial charge in [0, 0.05) is 11.6 Å². The predicted octanol–water partition coefficient (Wildman–Crippen LogP) is 3.60. The Morgan fingerprint density at radius 1 is 1.42 bits per heavy atom. The van der Waals surface area contributed by atoms with Gasteiger partial charge in [0.2, 0.25) is 5.91 Å². The average Bonchev–Trinajstić information content (AvgIpc) is 2.57. The summed E-state index contributed by atoms with van der Waals surface area (Å²) in [4.78, 5) is 26.4. The zero-order valence-corrected chi connectivity index (χ0v) is 15.4. The molecule has 0 spiro atoms. The number of halogens is 2. The van der Waals surface area contributed by atoms with E-state index in [2.05, 4.69) is 5.32 Å². The van der Waals surface area contributed by atoms with E-state index in [1.54, 1.807) is 25.1 Å². The highest BCUT2D eigenvalue weighted by molar-refractivity contribution is 6.36. The molecule has 0 aromatic heterocycles. The third-order valence-electron chi connectivity index (χ3n) is 4.19. The fourth-order valence-electron chi connectivity index (χ4n) is 2.80. The molecule has 7 heteroatoms. The number of carbonyl (C=O) groups is 2. The van der Waals surface area contributed by atoms with Gasteiger partial charge in [-0.05, 0) is 51.4 Å². The number of nitrogens with one attached hydrogen (secondary N) is 1. The first-order chi connectivity index (χ1) is 11.4. The van der Waals surface area contributed by atoms with Crippen LogP contribution in [0.25, 0.3) is 0 Å². The Labute approximate surface area is 152 Å². The number of esters is 1. The summed E-state index contributed by atoms with van der Waals surface area (Å²) < 4.78 is 5.10. The van der Waals surface area contributed by atoms with Crippen molar-refractivity contribution in [1.82, 2.24) is 4.90 Å². The average molecular weight is 373 g/mol. The van der Waals surface area contributed by atoms with Gasteiger partial charge in [-0.2, -0.15) is 0 Å². The van der Waals surface area contributed by atoms with Crippen LogP contribution >= 0.6 is 23.2 Å². The number of ether oxygens (including phenoxy) is 1. The molecule has 1 heterocycles. The minimum Gasteiger partial charge on any atom is -0.466 e. The van der Waals surface area contributed by atoms with E-state index < -0.39 is 0 Å². The second-order valence-electron chi connectivity index (χ2n) is 5.88. The lowest BCUT2D eigenvalue weighted by Crippen LogP contribution is -2.48. The molecule has 2 rings (SSSR count). The van der Waals surface area contributed by atoms with Crippen LogP contribution in [0.4, 0.5) is 5.69 Å². The Kier molecular flexibility index (Phi) is 6.90. The van der Waals surface area contributed by atoms with Crippen LogP contribution in [-0.4, -0.2) is 42.5 Å². The molecule has 1 aromatic carbocycles. The summed E-state index contributed by atoms with van der Waals surface area (Å²) in [5.41, 5.74) is 0.525. The van der Waals surface area contributed by atoms with Gasteiger partial charge in [0.1, 0.15) is 0 Å². The maximum absolute atomic E-state index is 12.5. The number of hydrogen-bond acceptors (Lipinski definition) is 4. The summed E-state index contributed by atoms with van der Waals surface area (Å²) in [5, 5.41) is 3.72. The number of carbonyl (C=O) groups excluding carboxylic acids is 2. The van der Waals surface area contributed by atoms with Crippen LogP contribution in [0.15, 0.2) is 18.2 Å². The molecule has 0 radical (unpaired) electrons. The van der Waals surface area contributed by atoms with E-state index in [0.717, 1.165) is 19.4 Å². The van der Waals surface area contributed by atoms with E-state index in [9.17, 15) is 9.59 Å². The molecule has 1 fully saturated rings. The van der Waals surface area contributed by atoms with Crippen molar-refractivity contribution >= 4 is 40.8 Å². The highest BCUT2D eigenvalue weighted by Crippen LogP contribution is 2.26. The zero-order valence-electron chi connectivity index (χ0n) is 13.9. The second kappa shape index (κ2) is 8.70. The highest BCUT2D eigenvalue weighted by Gasteiger charge is 2.31. The molecule has 1 N–H and O–H groups in total. The molecule has 1 aliphatic rings. The van der Waals surface area contributed by atoms with Crippen molar-refractivity contribution in [3.63, 3.8) is 0 Å². The second-order valence-corrected chi connectivity index (χ2v) is 6.72. The minimum absolute atomic E-state index is 0.163. The molecular weight excluding hydrogens is 351 g/mol. The van der Waals surface area contributed by atoms with Crippen molar-refractivity contribution in [3.05, 3.63) is 28.2 Å². The Hall–Kier alpha value is -1.30. The first kappa shape index (κ1) is 19.0. The van der Waals surface area contributed by atoms with E-state index in [4.69, 9.17) is 27.9 Å². The number of nitrogens with zero attached hydrogens (tertiary/aromatic N) is 1. The standard InChI is InChI=1S/C17H22Cl2N2O3/c1-3-24-17(23)12-5-4-8-21(10-12)11(2)16(22)20-15-7-6-13(18)9-14(15)19/h6-7,9,11-12H,3-5,8,10H2,1-2H3,(H,20,22). The maximum Gasteiger partial charge on any atom is 0.310 e. The van der Waals surface area contributed by atoms with Gasteiger partial charge in [-0.15, -0.1) is 0 Å². The van der Waals surface area contributed by atoms with Crippen LogP contribution in [0.3, 0.4) is 0 Å². The first-order valence-electron chi connectivity index (χ1n) is 8.09. The third-order valence-corrected chi connectivity index (χ3v) is 4.74. The quantitative estimate of drug-likeness (QED) is 0.802. The van der Waals surface area contributed by atoms with Crippen molar-refractivity contribution < 1.29 is 14.3 Å². The lowest BCUT2D eigenvalue weighted by atomic mass is 9.97. The number of rotatable bonds is 5. The smallest absolute Gasteiger partial charge is 0.310 e. The summed E-state index contributed by atoms with van der Waals surface area (Å²) in [6.07, 6.45) is 1.66. The Morgan fingerprint density at radius 2 is 2.17 bits per heavy atom. The van der Waals surface area contributed by atoms with Gasteiger partial charge < -0.3 is 10.1 Å². The fraction of sp³-hybridized carbons (Fsp3) is 0.529. The lowest BCUT2D eigenvalue weighted by molar-refractivity contribution is -0.150. The van der Waals surface area contributed by atoms with Crippen molar-refractivity contribution in [2.75, 3.05) is 25.0 Å². The van der Waals surface area contributed by atoms with Gasteiger partial charge >= 0.3 is 5.97 Å². The zero-order chi connectivity index (χ0) is 17.7. The first-order valence-corrected chi connectivity index (χ1v) is 8.84. The normalized spacial score (nSPS) is 19.6. The number of amides is 1. The predicted molar refractivity (Wildman–Crippen MR) is 95.5 cm³/mol. The van der Waals surface area contributed by atoms with Crippen LogP contribution in [0.5, 0.6) is 0 Å². The fourth-order valence-corrected chi connectivity index (χ4v) is 3.26. The molecule has 5 nitrogen and oxygen atoms in total. The van der Waals surface area contributed by atoms with Crippen LogP contribution in [-0.2, 0) is 14.3 Å². The molecule has 1 aliphatic heterocycles. The Bertz CT molecular complexity index is 609. The molecule has 1 saturated heterocycles. The van der Waals surface area contributed by atoms with E-state index in [1.807, 2.05) is 11.8 Å². The molecular formula is C17H22Cl2N2O3. The third kappa shape index (κ3) is 4.85. The number of piperidine rings is 1. The summed E-state index contributed by atoms with van der Waals surface area (Å²) in [5.74, 6) is -0.521. The molecule has 0 saturated carbocycles. The van der Waals surface area contributed by atoms with Gasteiger partial charge in [-0.1, -0.05) is 23.2 Å². The van der Waals surface area contributed by atoms with Crippen LogP contribution in [0.1, 0.15) is 26.7 Å². The van der Waals surface area contributed by atoms with Crippen molar-refractivity contribution in [3.8, 4) is 0 Å². The number of benzene rings is 1.